The lowest BCUT2D eigenvalue weighted by Crippen LogP contribution is -2.44. The zero-order valence-electron chi connectivity index (χ0n) is 11.5. The molecule has 6 heteroatoms. The molecule has 0 saturated carbocycles. The van der Waals surface area contributed by atoms with E-state index in [-0.39, 0.29) is 12.0 Å². The van der Waals surface area contributed by atoms with E-state index in [0.29, 0.717) is 26.1 Å². The Morgan fingerprint density at radius 2 is 1.72 bits per heavy atom. The van der Waals surface area contributed by atoms with Crippen LogP contribution in [0.5, 0.6) is 0 Å². The first-order valence-corrected chi connectivity index (χ1v) is 8.17. The van der Waals surface area contributed by atoms with Crippen molar-refractivity contribution >= 4 is 10.2 Å². The normalized spacial score (nSPS) is 19.7. The standard InChI is InChI=1S/C12H26N2O3S/c1-12(2,7-10-15)11-13-18(16,17)14-8-5-3-4-6-9-14/h13,15H,3-11H2,1-2H3. The molecule has 18 heavy (non-hydrogen) atoms. The monoisotopic (exact) mass is 278 g/mol. The van der Waals surface area contributed by atoms with E-state index in [1.165, 1.54) is 0 Å². The molecule has 0 spiro atoms. The lowest BCUT2D eigenvalue weighted by Gasteiger charge is -2.26. The first-order chi connectivity index (χ1) is 8.37. The molecule has 0 aromatic heterocycles. The molecule has 1 aliphatic heterocycles. The van der Waals surface area contributed by atoms with E-state index in [1.807, 2.05) is 13.8 Å². The average molecular weight is 278 g/mol. The van der Waals surface area contributed by atoms with Crippen molar-refractivity contribution in [2.24, 2.45) is 5.41 Å². The van der Waals surface area contributed by atoms with Crippen molar-refractivity contribution in [1.29, 1.82) is 0 Å². The largest absolute Gasteiger partial charge is 0.396 e. The Hall–Kier alpha value is -0.170. The molecule has 2 N–H and O–H groups in total. The first kappa shape index (κ1) is 15.9. The van der Waals surface area contributed by atoms with Gasteiger partial charge in [-0.3, -0.25) is 0 Å². The fourth-order valence-corrected chi connectivity index (χ4v) is 3.55. The molecular formula is C12H26N2O3S. The van der Waals surface area contributed by atoms with Gasteiger partial charge in [-0.2, -0.15) is 12.7 Å². The lowest BCUT2D eigenvalue weighted by atomic mass is 9.90. The van der Waals surface area contributed by atoms with E-state index >= 15 is 0 Å². The van der Waals surface area contributed by atoms with Gasteiger partial charge in [0.05, 0.1) is 0 Å². The van der Waals surface area contributed by atoms with Gasteiger partial charge < -0.3 is 5.11 Å². The summed E-state index contributed by atoms with van der Waals surface area (Å²) < 4.78 is 28.5. The first-order valence-electron chi connectivity index (χ1n) is 6.73. The van der Waals surface area contributed by atoms with E-state index < -0.39 is 10.2 Å². The quantitative estimate of drug-likeness (QED) is 0.764. The Balaban J connectivity index is 2.53. The van der Waals surface area contributed by atoms with Crippen molar-refractivity contribution in [2.75, 3.05) is 26.2 Å². The fraction of sp³-hybridized carbons (Fsp3) is 1.00. The molecule has 0 amide bonds. The van der Waals surface area contributed by atoms with Gasteiger partial charge in [-0.1, -0.05) is 26.7 Å². The van der Waals surface area contributed by atoms with Gasteiger partial charge in [0.1, 0.15) is 0 Å². The second kappa shape index (κ2) is 6.84. The number of nitrogens with zero attached hydrogens (tertiary/aromatic N) is 1. The minimum Gasteiger partial charge on any atom is -0.396 e. The van der Waals surface area contributed by atoms with Crippen LogP contribution in [0.2, 0.25) is 0 Å². The van der Waals surface area contributed by atoms with Crippen LogP contribution in [0.15, 0.2) is 0 Å². The Morgan fingerprint density at radius 3 is 2.22 bits per heavy atom. The summed E-state index contributed by atoms with van der Waals surface area (Å²) >= 11 is 0. The summed E-state index contributed by atoms with van der Waals surface area (Å²) in [4.78, 5) is 0. The molecule has 0 aromatic rings. The Labute approximate surface area is 111 Å². The highest BCUT2D eigenvalue weighted by molar-refractivity contribution is 7.87. The minimum atomic E-state index is -3.36. The molecule has 1 rings (SSSR count). The molecule has 1 heterocycles. The molecule has 1 saturated heterocycles. The molecule has 1 aliphatic rings. The molecule has 0 unspecified atom stereocenters. The van der Waals surface area contributed by atoms with Crippen molar-refractivity contribution in [3.05, 3.63) is 0 Å². The van der Waals surface area contributed by atoms with E-state index in [4.69, 9.17) is 5.11 Å². The van der Waals surface area contributed by atoms with Crippen molar-refractivity contribution in [3.8, 4) is 0 Å². The summed E-state index contributed by atoms with van der Waals surface area (Å²) in [7, 11) is -3.36. The van der Waals surface area contributed by atoms with Gasteiger partial charge in [-0.05, 0) is 24.7 Å². The van der Waals surface area contributed by atoms with Crippen molar-refractivity contribution < 1.29 is 13.5 Å². The Bertz CT molecular complexity index is 333. The van der Waals surface area contributed by atoms with E-state index in [9.17, 15) is 8.42 Å². The highest BCUT2D eigenvalue weighted by atomic mass is 32.2. The summed E-state index contributed by atoms with van der Waals surface area (Å²) in [5.41, 5.74) is -0.215. The van der Waals surface area contributed by atoms with Gasteiger partial charge in [0.25, 0.3) is 10.2 Å². The van der Waals surface area contributed by atoms with Gasteiger partial charge >= 0.3 is 0 Å². The summed E-state index contributed by atoms with van der Waals surface area (Å²) in [6.07, 6.45) is 4.71. The number of aliphatic hydroxyl groups excluding tert-OH is 1. The number of hydrogen-bond acceptors (Lipinski definition) is 3. The maximum Gasteiger partial charge on any atom is 0.279 e. The number of aliphatic hydroxyl groups is 1. The van der Waals surface area contributed by atoms with Gasteiger partial charge in [0.2, 0.25) is 0 Å². The van der Waals surface area contributed by atoms with Crippen LogP contribution in [0.25, 0.3) is 0 Å². The SMILES string of the molecule is CC(C)(CCO)CNS(=O)(=O)N1CCCCCC1. The van der Waals surface area contributed by atoms with Crippen molar-refractivity contribution in [1.82, 2.24) is 9.03 Å². The lowest BCUT2D eigenvalue weighted by molar-refractivity contribution is 0.212. The third-order valence-electron chi connectivity index (χ3n) is 3.43. The summed E-state index contributed by atoms with van der Waals surface area (Å²) in [5, 5.41) is 8.93. The Kier molecular flexibility index (Phi) is 6.04. The molecule has 1 fully saturated rings. The number of hydrogen-bond donors (Lipinski definition) is 2. The summed E-state index contributed by atoms with van der Waals surface area (Å²) in [6.45, 7) is 5.60. The van der Waals surface area contributed by atoms with Crippen LogP contribution in [-0.2, 0) is 10.2 Å². The number of rotatable bonds is 6. The summed E-state index contributed by atoms with van der Waals surface area (Å²) in [5.74, 6) is 0. The smallest absolute Gasteiger partial charge is 0.279 e. The van der Waals surface area contributed by atoms with Crippen LogP contribution < -0.4 is 4.72 Å². The molecule has 0 bridgehead atoms. The molecule has 0 aromatic carbocycles. The van der Waals surface area contributed by atoms with Crippen molar-refractivity contribution in [3.63, 3.8) is 0 Å². The molecule has 108 valence electrons. The zero-order valence-corrected chi connectivity index (χ0v) is 12.3. The maximum absolute atomic E-state index is 12.1. The van der Waals surface area contributed by atoms with Gasteiger partial charge in [-0.25, -0.2) is 4.72 Å². The minimum absolute atomic E-state index is 0.0818. The highest BCUT2D eigenvalue weighted by Gasteiger charge is 2.26. The van der Waals surface area contributed by atoms with Crippen LogP contribution >= 0.6 is 0 Å². The Morgan fingerprint density at radius 1 is 1.17 bits per heavy atom. The molecular weight excluding hydrogens is 252 g/mol. The fourth-order valence-electron chi connectivity index (χ4n) is 2.05. The predicted molar refractivity (Wildman–Crippen MR) is 72.4 cm³/mol. The topological polar surface area (TPSA) is 69.6 Å². The van der Waals surface area contributed by atoms with Crippen LogP contribution in [0.1, 0.15) is 46.0 Å². The van der Waals surface area contributed by atoms with Crippen molar-refractivity contribution in [2.45, 2.75) is 46.0 Å². The second-order valence-corrected chi connectivity index (χ2v) is 7.53. The van der Waals surface area contributed by atoms with Gasteiger partial charge in [0.15, 0.2) is 0 Å². The van der Waals surface area contributed by atoms with Crippen LogP contribution in [0.3, 0.4) is 0 Å². The highest BCUT2D eigenvalue weighted by Crippen LogP contribution is 2.19. The molecule has 0 aliphatic carbocycles. The van der Waals surface area contributed by atoms with E-state index in [1.54, 1.807) is 4.31 Å². The number of nitrogens with one attached hydrogen (secondary N) is 1. The maximum atomic E-state index is 12.1. The third-order valence-corrected chi connectivity index (χ3v) is 4.98. The molecule has 5 nitrogen and oxygen atoms in total. The third kappa shape index (κ3) is 5.22. The predicted octanol–water partition coefficient (Wildman–Crippen LogP) is 1.11. The van der Waals surface area contributed by atoms with E-state index in [2.05, 4.69) is 4.72 Å². The van der Waals surface area contributed by atoms with Crippen LogP contribution in [0.4, 0.5) is 0 Å². The average Bonchev–Trinajstić information content (AvgIpc) is 2.56. The van der Waals surface area contributed by atoms with Gasteiger partial charge in [0, 0.05) is 26.2 Å². The zero-order chi connectivity index (χ0) is 13.6. The van der Waals surface area contributed by atoms with E-state index in [0.717, 1.165) is 25.7 Å². The second-order valence-electron chi connectivity index (χ2n) is 5.78. The molecule has 0 radical (unpaired) electrons. The molecule has 0 atom stereocenters. The van der Waals surface area contributed by atoms with Crippen LogP contribution in [0, 0.1) is 5.41 Å². The summed E-state index contributed by atoms with van der Waals surface area (Å²) in [6, 6.07) is 0. The van der Waals surface area contributed by atoms with Gasteiger partial charge in [-0.15, -0.1) is 0 Å². The van der Waals surface area contributed by atoms with Crippen LogP contribution in [-0.4, -0.2) is 44.1 Å².